The highest BCUT2D eigenvalue weighted by Gasteiger charge is 2.09. The molecule has 0 bridgehead atoms. The standard InChI is InChI=1S/C18H24ClN5/c1-20-18(24(4)13-14-7-9-16(19)10-8-14)22-12-15-6-5-11-21-17(15)23(2)3/h5-11H,12-13H2,1-4H3,(H,20,22). The minimum atomic E-state index is 0.666. The second kappa shape index (κ2) is 8.55. The molecule has 0 atom stereocenters. The number of guanidine groups is 1. The normalized spacial score (nSPS) is 11.3. The summed E-state index contributed by atoms with van der Waals surface area (Å²) in [6.45, 7) is 1.42. The van der Waals surface area contributed by atoms with Gasteiger partial charge >= 0.3 is 0 Å². The number of anilines is 1. The molecule has 0 radical (unpaired) electrons. The molecule has 5 nitrogen and oxygen atoms in total. The van der Waals surface area contributed by atoms with Gasteiger partial charge in [-0.1, -0.05) is 29.8 Å². The molecule has 0 amide bonds. The van der Waals surface area contributed by atoms with Crippen molar-refractivity contribution in [3.05, 3.63) is 58.7 Å². The van der Waals surface area contributed by atoms with Crippen LogP contribution in [0.15, 0.2) is 47.6 Å². The average Bonchev–Trinajstić information content (AvgIpc) is 2.57. The number of halogens is 1. The highest BCUT2D eigenvalue weighted by molar-refractivity contribution is 6.30. The van der Waals surface area contributed by atoms with Gasteiger partial charge in [-0.05, 0) is 23.8 Å². The molecule has 1 aromatic heterocycles. The molecule has 2 rings (SSSR count). The van der Waals surface area contributed by atoms with Crippen LogP contribution < -0.4 is 10.2 Å². The molecular formula is C18H24ClN5. The van der Waals surface area contributed by atoms with Gasteiger partial charge in [0.25, 0.3) is 0 Å². The Labute approximate surface area is 149 Å². The van der Waals surface area contributed by atoms with E-state index in [1.165, 1.54) is 5.56 Å². The third kappa shape index (κ3) is 4.86. The topological polar surface area (TPSA) is 43.8 Å². The van der Waals surface area contributed by atoms with Crippen molar-refractivity contribution < 1.29 is 0 Å². The third-order valence-electron chi connectivity index (χ3n) is 3.63. The third-order valence-corrected chi connectivity index (χ3v) is 3.89. The Kier molecular flexibility index (Phi) is 6.44. The van der Waals surface area contributed by atoms with Crippen molar-refractivity contribution in [1.82, 2.24) is 15.2 Å². The number of hydrogen-bond donors (Lipinski definition) is 1. The number of hydrogen-bond acceptors (Lipinski definition) is 3. The molecule has 1 aromatic carbocycles. The van der Waals surface area contributed by atoms with Gasteiger partial charge in [0.2, 0.25) is 0 Å². The van der Waals surface area contributed by atoms with E-state index in [0.717, 1.165) is 28.9 Å². The van der Waals surface area contributed by atoms with Crippen LogP contribution in [0, 0.1) is 0 Å². The summed E-state index contributed by atoms with van der Waals surface area (Å²) in [5.41, 5.74) is 2.31. The zero-order chi connectivity index (χ0) is 17.5. The zero-order valence-corrected chi connectivity index (χ0v) is 15.4. The zero-order valence-electron chi connectivity index (χ0n) is 14.6. The highest BCUT2D eigenvalue weighted by atomic mass is 35.5. The van der Waals surface area contributed by atoms with E-state index in [-0.39, 0.29) is 0 Å². The Morgan fingerprint density at radius 3 is 2.50 bits per heavy atom. The van der Waals surface area contributed by atoms with E-state index in [0.29, 0.717) is 6.54 Å². The second-order valence-corrected chi connectivity index (χ2v) is 6.20. The smallest absolute Gasteiger partial charge is 0.193 e. The summed E-state index contributed by atoms with van der Waals surface area (Å²) in [5, 5.41) is 4.14. The van der Waals surface area contributed by atoms with Crippen molar-refractivity contribution >= 4 is 23.4 Å². The molecule has 0 aliphatic rings. The molecule has 24 heavy (non-hydrogen) atoms. The van der Waals surface area contributed by atoms with Crippen LogP contribution in [-0.4, -0.2) is 44.0 Å². The van der Waals surface area contributed by atoms with Gasteiger partial charge in [-0.2, -0.15) is 0 Å². The van der Waals surface area contributed by atoms with Crippen molar-refractivity contribution in [3.63, 3.8) is 0 Å². The van der Waals surface area contributed by atoms with Gasteiger partial charge in [-0.3, -0.25) is 4.99 Å². The molecule has 6 heteroatoms. The van der Waals surface area contributed by atoms with Crippen LogP contribution in [0.1, 0.15) is 11.1 Å². The molecular weight excluding hydrogens is 322 g/mol. The van der Waals surface area contributed by atoms with E-state index >= 15 is 0 Å². The van der Waals surface area contributed by atoms with E-state index in [1.807, 2.05) is 56.4 Å². The van der Waals surface area contributed by atoms with E-state index in [4.69, 9.17) is 11.6 Å². The maximum Gasteiger partial charge on any atom is 0.193 e. The lowest BCUT2D eigenvalue weighted by Gasteiger charge is -2.23. The first kappa shape index (κ1) is 18.1. The number of pyridine rings is 1. The largest absolute Gasteiger partial charge is 0.362 e. The minimum absolute atomic E-state index is 0.666. The van der Waals surface area contributed by atoms with Crippen molar-refractivity contribution in [1.29, 1.82) is 0 Å². The Morgan fingerprint density at radius 2 is 1.88 bits per heavy atom. The molecule has 0 saturated carbocycles. The van der Waals surface area contributed by atoms with Crippen LogP contribution in [0.5, 0.6) is 0 Å². The second-order valence-electron chi connectivity index (χ2n) is 5.76. The van der Waals surface area contributed by atoms with Gasteiger partial charge in [0.05, 0.1) is 0 Å². The first-order valence-corrected chi connectivity index (χ1v) is 8.16. The molecule has 0 aliphatic heterocycles. The van der Waals surface area contributed by atoms with Crippen LogP contribution in [0.2, 0.25) is 5.02 Å². The van der Waals surface area contributed by atoms with Crippen LogP contribution in [-0.2, 0) is 13.1 Å². The van der Waals surface area contributed by atoms with Crippen molar-refractivity contribution in [2.24, 2.45) is 4.99 Å². The van der Waals surface area contributed by atoms with Crippen LogP contribution >= 0.6 is 11.6 Å². The quantitative estimate of drug-likeness (QED) is 0.668. The van der Waals surface area contributed by atoms with Gasteiger partial charge in [-0.25, -0.2) is 4.98 Å². The monoisotopic (exact) mass is 345 g/mol. The number of nitrogens with one attached hydrogen (secondary N) is 1. The lowest BCUT2D eigenvalue weighted by Crippen LogP contribution is -2.38. The number of nitrogens with zero attached hydrogens (tertiary/aromatic N) is 4. The van der Waals surface area contributed by atoms with E-state index in [2.05, 4.69) is 26.3 Å². The number of rotatable bonds is 5. The first-order chi connectivity index (χ1) is 11.5. The van der Waals surface area contributed by atoms with Gasteiger partial charge in [0, 0.05) is 58.1 Å². The van der Waals surface area contributed by atoms with E-state index < -0.39 is 0 Å². The summed E-state index contributed by atoms with van der Waals surface area (Å²) in [6, 6.07) is 11.9. The summed E-state index contributed by atoms with van der Waals surface area (Å²) in [4.78, 5) is 12.9. The Bertz CT molecular complexity index is 682. The summed E-state index contributed by atoms with van der Waals surface area (Å²) < 4.78 is 0. The molecule has 1 N–H and O–H groups in total. The summed E-state index contributed by atoms with van der Waals surface area (Å²) >= 11 is 5.94. The predicted octanol–water partition coefficient (Wildman–Crippen LogP) is 3.01. The lowest BCUT2D eigenvalue weighted by atomic mass is 10.2. The van der Waals surface area contributed by atoms with Gasteiger partial charge in [-0.15, -0.1) is 0 Å². The maximum atomic E-state index is 5.94. The van der Waals surface area contributed by atoms with E-state index in [1.54, 1.807) is 13.2 Å². The van der Waals surface area contributed by atoms with Crippen molar-refractivity contribution in [2.45, 2.75) is 13.1 Å². The van der Waals surface area contributed by atoms with E-state index in [9.17, 15) is 0 Å². The highest BCUT2D eigenvalue weighted by Crippen LogP contribution is 2.14. The molecule has 0 unspecified atom stereocenters. The summed E-state index contributed by atoms with van der Waals surface area (Å²) in [5.74, 6) is 1.79. The Balaban J connectivity index is 2.01. The molecule has 1 heterocycles. The fourth-order valence-corrected chi connectivity index (χ4v) is 2.59. The predicted molar refractivity (Wildman–Crippen MR) is 102 cm³/mol. The summed E-state index contributed by atoms with van der Waals surface area (Å²) in [6.07, 6.45) is 1.81. The lowest BCUT2D eigenvalue weighted by molar-refractivity contribution is 0.476. The fraction of sp³-hybridized carbons (Fsp3) is 0.333. The molecule has 0 aliphatic carbocycles. The molecule has 0 spiro atoms. The van der Waals surface area contributed by atoms with Crippen molar-refractivity contribution in [3.8, 4) is 0 Å². The first-order valence-electron chi connectivity index (χ1n) is 7.78. The number of aliphatic imine (C=N–C) groups is 1. The minimum Gasteiger partial charge on any atom is -0.362 e. The molecule has 2 aromatic rings. The SMILES string of the molecule is CN=C(NCc1cccnc1N(C)C)N(C)Cc1ccc(Cl)cc1. The number of aromatic nitrogens is 1. The van der Waals surface area contributed by atoms with Crippen molar-refractivity contribution in [2.75, 3.05) is 33.1 Å². The number of benzene rings is 1. The van der Waals surface area contributed by atoms with Gasteiger partial charge in [0.1, 0.15) is 5.82 Å². The fourth-order valence-electron chi connectivity index (χ4n) is 2.47. The summed E-state index contributed by atoms with van der Waals surface area (Å²) in [7, 11) is 7.79. The maximum absolute atomic E-state index is 5.94. The van der Waals surface area contributed by atoms with Gasteiger partial charge < -0.3 is 15.1 Å². The van der Waals surface area contributed by atoms with Crippen LogP contribution in [0.4, 0.5) is 5.82 Å². The Hall–Kier alpha value is -2.27. The molecule has 0 fully saturated rings. The molecule has 0 saturated heterocycles. The Morgan fingerprint density at radius 1 is 1.17 bits per heavy atom. The van der Waals surface area contributed by atoms with Crippen LogP contribution in [0.25, 0.3) is 0 Å². The van der Waals surface area contributed by atoms with Crippen LogP contribution in [0.3, 0.4) is 0 Å². The molecule has 128 valence electrons. The average molecular weight is 346 g/mol. The van der Waals surface area contributed by atoms with Gasteiger partial charge in [0.15, 0.2) is 5.96 Å².